The Balaban J connectivity index is 2.76. The van der Waals surface area contributed by atoms with E-state index in [1.165, 1.54) is 11.1 Å². The van der Waals surface area contributed by atoms with E-state index in [1.807, 2.05) is 6.92 Å². The molecule has 0 spiro atoms. The zero-order chi connectivity index (χ0) is 12.8. The van der Waals surface area contributed by atoms with Crippen LogP contribution in [0.2, 0.25) is 0 Å². The molecule has 0 aliphatic heterocycles. The summed E-state index contributed by atoms with van der Waals surface area (Å²) >= 11 is 0. The van der Waals surface area contributed by atoms with Crippen LogP contribution in [0.3, 0.4) is 0 Å². The van der Waals surface area contributed by atoms with Crippen LogP contribution < -0.4 is 10.5 Å². The minimum absolute atomic E-state index is 0.219. The molecule has 2 N–H and O–H groups in total. The number of aryl methyl sites for hydroxylation is 1. The van der Waals surface area contributed by atoms with E-state index >= 15 is 0 Å². The van der Waals surface area contributed by atoms with E-state index in [0.29, 0.717) is 12.5 Å². The molecule has 0 aliphatic rings. The SMILES string of the molecule is CCOc1ccc(C)cc1CC(N)CC(C)C. The Kier molecular flexibility index (Phi) is 5.49. The molecular weight excluding hydrogens is 210 g/mol. The number of benzene rings is 1. The highest BCUT2D eigenvalue weighted by molar-refractivity contribution is 5.37. The van der Waals surface area contributed by atoms with E-state index in [-0.39, 0.29) is 6.04 Å². The van der Waals surface area contributed by atoms with Gasteiger partial charge >= 0.3 is 0 Å². The lowest BCUT2D eigenvalue weighted by Crippen LogP contribution is -2.25. The van der Waals surface area contributed by atoms with Gasteiger partial charge in [-0.25, -0.2) is 0 Å². The number of nitrogens with two attached hydrogens (primary N) is 1. The first-order chi connectivity index (χ1) is 8.02. The second-order valence-electron chi connectivity index (χ2n) is 5.14. The lowest BCUT2D eigenvalue weighted by molar-refractivity contribution is 0.334. The first-order valence-electron chi connectivity index (χ1n) is 6.50. The van der Waals surface area contributed by atoms with Gasteiger partial charge in [-0.15, -0.1) is 0 Å². The van der Waals surface area contributed by atoms with Crippen LogP contribution in [-0.4, -0.2) is 12.6 Å². The molecule has 0 aliphatic carbocycles. The molecule has 1 aromatic rings. The summed E-state index contributed by atoms with van der Waals surface area (Å²) in [6, 6.07) is 6.54. The van der Waals surface area contributed by atoms with Gasteiger partial charge in [0.05, 0.1) is 6.61 Å². The average Bonchev–Trinajstić information content (AvgIpc) is 2.21. The maximum absolute atomic E-state index is 6.17. The lowest BCUT2D eigenvalue weighted by atomic mass is 9.97. The number of rotatable bonds is 6. The van der Waals surface area contributed by atoms with Gasteiger partial charge in [-0.2, -0.15) is 0 Å². The fourth-order valence-electron chi connectivity index (χ4n) is 2.14. The Hall–Kier alpha value is -1.02. The molecule has 0 fully saturated rings. The minimum Gasteiger partial charge on any atom is -0.494 e. The quantitative estimate of drug-likeness (QED) is 0.821. The number of hydrogen-bond acceptors (Lipinski definition) is 2. The largest absolute Gasteiger partial charge is 0.494 e. The molecule has 0 saturated heterocycles. The molecular formula is C15H25NO. The van der Waals surface area contributed by atoms with Crippen LogP contribution in [-0.2, 0) is 6.42 Å². The van der Waals surface area contributed by atoms with Crippen LogP contribution in [0.25, 0.3) is 0 Å². The van der Waals surface area contributed by atoms with Crippen molar-refractivity contribution < 1.29 is 4.74 Å². The zero-order valence-electron chi connectivity index (χ0n) is 11.5. The Bertz CT molecular complexity index is 347. The van der Waals surface area contributed by atoms with E-state index in [4.69, 9.17) is 10.5 Å². The van der Waals surface area contributed by atoms with Crippen molar-refractivity contribution in [1.82, 2.24) is 0 Å². The average molecular weight is 235 g/mol. The van der Waals surface area contributed by atoms with Gasteiger partial charge in [0.2, 0.25) is 0 Å². The highest BCUT2D eigenvalue weighted by atomic mass is 16.5. The summed E-state index contributed by atoms with van der Waals surface area (Å²) in [5.41, 5.74) is 8.67. The molecule has 0 heterocycles. The first-order valence-corrected chi connectivity index (χ1v) is 6.50. The molecule has 0 aromatic heterocycles. The summed E-state index contributed by atoms with van der Waals surface area (Å²) in [4.78, 5) is 0. The Morgan fingerprint density at radius 1 is 1.29 bits per heavy atom. The van der Waals surface area contributed by atoms with E-state index in [9.17, 15) is 0 Å². The molecule has 2 nitrogen and oxygen atoms in total. The summed E-state index contributed by atoms with van der Waals surface area (Å²) in [5.74, 6) is 1.63. The first kappa shape index (κ1) is 14.0. The van der Waals surface area contributed by atoms with Crippen molar-refractivity contribution in [3.8, 4) is 5.75 Å². The van der Waals surface area contributed by atoms with Crippen molar-refractivity contribution in [3.05, 3.63) is 29.3 Å². The zero-order valence-corrected chi connectivity index (χ0v) is 11.5. The second kappa shape index (κ2) is 6.65. The van der Waals surface area contributed by atoms with Crippen molar-refractivity contribution in [2.45, 2.75) is 46.6 Å². The third-order valence-electron chi connectivity index (χ3n) is 2.77. The normalized spacial score (nSPS) is 12.8. The van der Waals surface area contributed by atoms with Gasteiger partial charge in [0, 0.05) is 6.04 Å². The maximum atomic E-state index is 6.17. The third kappa shape index (κ3) is 4.78. The van der Waals surface area contributed by atoms with Gasteiger partial charge in [-0.1, -0.05) is 31.5 Å². The molecule has 17 heavy (non-hydrogen) atoms. The van der Waals surface area contributed by atoms with Crippen LogP contribution in [0.1, 0.15) is 38.3 Å². The molecule has 96 valence electrons. The number of hydrogen-bond donors (Lipinski definition) is 1. The Labute approximate surface area is 105 Å². The maximum Gasteiger partial charge on any atom is 0.122 e. The van der Waals surface area contributed by atoms with E-state index in [2.05, 4.69) is 39.0 Å². The van der Waals surface area contributed by atoms with Crippen molar-refractivity contribution >= 4 is 0 Å². The summed E-state index contributed by atoms with van der Waals surface area (Å²) in [6.07, 6.45) is 1.95. The molecule has 1 rings (SSSR count). The summed E-state index contributed by atoms with van der Waals surface area (Å²) in [5, 5.41) is 0. The summed E-state index contributed by atoms with van der Waals surface area (Å²) < 4.78 is 5.64. The van der Waals surface area contributed by atoms with Crippen molar-refractivity contribution in [1.29, 1.82) is 0 Å². The van der Waals surface area contributed by atoms with Crippen molar-refractivity contribution in [2.24, 2.45) is 11.7 Å². The van der Waals surface area contributed by atoms with Gasteiger partial charge in [-0.05, 0) is 44.2 Å². The highest BCUT2D eigenvalue weighted by Gasteiger charge is 2.10. The summed E-state index contributed by atoms with van der Waals surface area (Å²) in [7, 11) is 0. The minimum atomic E-state index is 0.219. The summed E-state index contributed by atoms with van der Waals surface area (Å²) in [6.45, 7) is 9.24. The molecule has 0 amide bonds. The van der Waals surface area contributed by atoms with Crippen LogP contribution in [0.5, 0.6) is 5.75 Å². The fourth-order valence-corrected chi connectivity index (χ4v) is 2.14. The highest BCUT2D eigenvalue weighted by Crippen LogP contribution is 2.22. The second-order valence-corrected chi connectivity index (χ2v) is 5.14. The molecule has 0 radical (unpaired) electrons. The van der Waals surface area contributed by atoms with E-state index in [0.717, 1.165) is 18.6 Å². The predicted molar refractivity (Wildman–Crippen MR) is 73.5 cm³/mol. The molecule has 1 atom stereocenters. The molecule has 2 heteroatoms. The Morgan fingerprint density at radius 3 is 2.59 bits per heavy atom. The van der Waals surface area contributed by atoms with Gasteiger partial charge in [-0.3, -0.25) is 0 Å². The van der Waals surface area contributed by atoms with Crippen LogP contribution in [0.4, 0.5) is 0 Å². The van der Waals surface area contributed by atoms with Gasteiger partial charge < -0.3 is 10.5 Å². The standard InChI is InChI=1S/C15H25NO/c1-5-17-15-7-6-12(4)9-13(15)10-14(16)8-11(2)3/h6-7,9,11,14H,5,8,10,16H2,1-4H3. The van der Waals surface area contributed by atoms with E-state index < -0.39 is 0 Å². The fraction of sp³-hybridized carbons (Fsp3) is 0.600. The topological polar surface area (TPSA) is 35.2 Å². The number of ether oxygens (including phenoxy) is 1. The van der Waals surface area contributed by atoms with Crippen LogP contribution in [0.15, 0.2) is 18.2 Å². The van der Waals surface area contributed by atoms with Gasteiger partial charge in [0.1, 0.15) is 5.75 Å². The molecule has 1 unspecified atom stereocenters. The van der Waals surface area contributed by atoms with Crippen molar-refractivity contribution in [3.63, 3.8) is 0 Å². The Morgan fingerprint density at radius 2 is 2.00 bits per heavy atom. The van der Waals surface area contributed by atoms with Crippen molar-refractivity contribution in [2.75, 3.05) is 6.61 Å². The van der Waals surface area contributed by atoms with Crippen LogP contribution in [0, 0.1) is 12.8 Å². The predicted octanol–water partition coefficient (Wildman–Crippen LogP) is 3.31. The van der Waals surface area contributed by atoms with Crippen LogP contribution >= 0.6 is 0 Å². The molecule has 0 bridgehead atoms. The lowest BCUT2D eigenvalue weighted by Gasteiger charge is -2.17. The van der Waals surface area contributed by atoms with Gasteiger partial charge in [0.15, 0.2) is 0 Å². The third-order valence-corrected chi connectivity index (χ3v) is 2.77. The molecule has 1 aromatic carbocycles. The smallest absolute Gasteiger partial charge is 0.122 e. The van der Waals surface area contributed by atoms with E-state index in [1.54, 1.807) is 0 Å². The van der Waals surface area contributed by atoms with Gasteiger partial charge in [0.25, 0.3) is 0 Å². The molecule has 0 saturated carbocycles. The monoisotopic (exact) mass is 235 g/mol.